The fourth-order valence-electron chi connectivity index (χ4n) is 4.51. The zero-order valence-electron chi connectivity index (χ0n) is 20.4. The maximum atomic E-state index is 13.5. The molecule has 2 rings (SSSR count). The highest BCUT2D eigenvalue weighted by Crippen LogP contribution is 2.39. The molecule has 1 aliphatic heterocycles. The fourth-order valence-corrected chi connectivity index (χ4v) is 5.01. The third-order valence-electron chi connectivity index (χ3n) is 5.91. The van der Waals surface area contributed by atoms with Crippen molar-refractivity contribution in [1.29, 1.82) is 0 Å². The van der Waals surface area contributed by atoms with Gasteiger partial charge in [0, 0.05) is 20.0 Å². The van der Waals surface area contributed by atoms with Crippen LogP contribution in [0.4, 0.5) is 4.79 Å². The van der Waals surface area contributed by atoms with Crippen LogP contribution in [0, 0.1) is 11.8 Å². The lowest BCUT2D eigenvalue weighted by Crippen LogP contribution is -2.50. The van der Waals surface area contributed by atoms with Gasteiger partial charge in [-0.2, -0.15) is 0 Å². The van der Waals surface area contributed by atoms with Gasteiger partial charge in [-0.05, 0) is 61.5 Å². The summed E-state index contributed by atoms with van der Waals surface area (Å²) in [6.07, 6.45) is 2.52. The van der Waals surface area contributed by atoms with E-state index in [1.54, 1.807) is 26.8 Å². The van der Waals surface area contributed by atoms with Crippen LogP contribution in [0.5, 0.6) is 0 Å². The first kappa shape index (κ1) is 27.4. The van der Waals surface area contributed by atoms with E-state index in [4.69, 9.17) is 19.0 Å². The first-order valence-electron chi connectivity index (χ1n) is 11.5. The van der Waals surface area contributed by atoms with Gasteiger partial charge >= 0.3 is 12.1 Å². The largest absolute Gasteiger partial charge is 0.461 e. The average Bonchev–Trinajstić information content (AvgIpc) is 3.19. The van der Waals surface area contributed by atoms with Crippen LogP contribution in [0.3, 0.4) is 0 Å². The lowest BCUT2D eigenvalue weighted by molar-refractivity contribution is -0.155. The van der Waals surface area contributed by atoms with Gasteiger partial charge in [0.1, 0.15) is 17.1 Å². The molecule has 0 aliphatic carbocycles. The molecule has 1 aliphatic rings. The molecule has 0 bridgehead atoms. The highest BCUT2D eigenvalue weighted by molar-refractivity contribution is 9.10. The highest BCUT2D eigenvalue weighted by Gasteiger charge is 2.53. The van der Waals surface area contributed by atoms with E-state index in [9.17, 15) is 14.4 Å². The Kier molecular flexibility index (Phi) is 9.55. The summed E-state index contributed by atoms with van der Waals surface area (Å²) in [5.74, 6) is -0.878. The summed E-state index contributed by atoms with van der Waals surface area (Å²) in [6, 6.07) is 1.27. The lowest BCUT2D eigenvalue weighted by Gasteiger charge is -2.33. The number of carbonyl (C=O) groups excluding carboxylic acids is 3. The predicted molar refractivity (Wildman–Crippen MR) is 125 cm³/mol. The van der Waals surface area contributed by atoms with Crippen LogP contribution in [-0.4, -0.2) is 46.2 Å². The second-order valence-electron chi connectivity index (χ2n) is 9.49. The molecular formula is C24H36BrNO7. The molecule has 186 valence electrons. The number of cyclic esters (lactones) is 1. The van der Waals surface area contributed by atoms with Gasteiger partial charge in [-0.3, -0.25) is 9.59 Å². The van der Waals surface area contributed by atoms with E-state index in [-0.39, 0.29) is 12.5 Å². The Hall–Kier alpha value is -1.87. The molecule has 0 spiro atoms. The van der Waals surface area contributed by atoms with Gasteiger partial charge < -0.3 is 19.0 Å². The number of aliphatic hydroxyl groups is 1. The summed E-state index contributed by atoms with van der Waals surface area (Å²) in [5.41, 5.74) is -0.825. The van der Waals surface area contributed by atoms with Gasteiger partial charge in [0.15, 0.2) is 6.10 Å². The number of hydrogen-bond acceptors (Lipinski definition) is 7. The summed E-state index contributed by atoms with van der Waals surface area (Å²) in [4.78, 5) is 39.1. The Morgan fingerprint density at radius 2 is 1.85 bits per heavy atom. The minimum Gasteiger partial charge on any atom is -0.461 e. The zero-order chi connectivity index (χ0) is 24.9. The number of furan rings is 1. The van der Waals surface area contributed by atoms with Crippen LogP contribution in [0.15, 0.2) is 15.0 Å². The molecule has 0 unspecified atom stereocenters. The molecular weight excluding hydrogens is 494 g/mol. The highest BCUT2D eigenvalue weighted by atomic mass is 79.9. The van der Waals surface area contributed by atoms with E-state index >= 15 is 0 Å². The van der Waals surface area contributed by atoms with E-state index in [2.05, 4.69) is 15.9 Å². The van der Waals surface area contributed by atoms with Crippen LogP contribution in [0.2, 0.25) is 0 Å². The van der Waals surface area contributed by atoms with Crippen LogP contribution >= 0.6 is 15.9 Å². The lowest BCUT2D eigenvalue weighted by atomic mass is 9.88. The van der Waals surface area contributed by atoms with Crippen LogP contribution in [0.25, 0.3) is 0 Å². The fraction of sp³-hybridized carbons (Fsp3) is 0.708. The molecule has 9 heteroatoms. The van der Waals surface area contributed by atoms with Gasteiger partial charge in [-0.1, -0.05) is 26.7 Å². The number of amides is 2. The van der Waals surface area contributed by atoms with Gasteiger partial charge in [0.2, 0.25) is 5.91 Å². The average molecular weight is 530 g/mol. The Morgan fingerprint density at radius 3 is 2.42 bits per heavy atom. The van der Waals surface area contributed by atoms with Crippen molar-refractivity contribution in [2.45, 2.75) is 91.4 Å². The Balaban J connectivity index is 2.26. The monoisotopic (exact) mass is 529 g/mol. The van der Waals surface area contributed by atoms with Gasteiger partial charge in [-0.15, -0.1) is 0 Å². The number of hydrogen-bond donors (Lipinski definition) is 1. The molecule has 0 saturated carbocycles. The number of esters is 1. The second kappa shape index (κ2) is 11.5. The van der Waals surface area contributed by atoms with E-state index in [1.165, 1.54) is 6.92 Å². The van der Waals surface area contributed by atoms with Crippen molar-refractivity contribution in [3.8, 4) is 0 Å². The molecule has 33 heavy (non-hydrogen) atoms. The summed E-state index contributed by atoms with van der Waals surface area (Å²) >= 11 is 3.50. The zero-order valence-corrected chi connectivity index (χ0v) is 21.9. The number of imide groups is 1. The number of aliphatic hydroxyl groups excluding tert-OH is 1. The Labute approximate surface area is 204 Å². The topological polar surface area (TPSA) is 106 Å². The molecule has 1 aromatic rings. The number of rotatable bonds is 11. The number of carbonyl (C=O) groups is 3. The summed E-state index contributed by atoms with van der Waals surface area (Å²) < 4.78 is 17.7. The van der Waals surface area contributed by atoms with Crippen LogP contribution in [-0.2, 0) is 25.5 Å². The van der Waals surface area contributed by atoms with E-state index in [0.717, 1.165) is 35.1 Å². The molecule has 8 nitrogen and oxygen atoms in total. The molecule has 1 saturated heterocycles. The SMILES string of the molecule is CC(=O)O[C@@H](c1cc(Br)c(CCCCCCO)o1)[C@@H](C)C(=O)N1C(=O)OC(C)(C)[C@H]1C(C)C. The number of unbranched alkanes of at least 4 members (excludes halogenated alkanes) is 3. The molecule has 2 heterocycles. The summed E-state index contributed by atoms with van der Waals surface area (Å²) in [7, 11) is 0. The van der Waals surface area contributed by atoms with Crippen molar-refractivity contribution in [2.24, 2.45) is 11.8 Å². The number of nitrogens with zero attached hydrogens (tertiary/aromatic N) is 1. The quantitative estimate of drug-likeness (QED) is 0.311. The van der Waals surface area contributed by atoms with Gasteiger partial charge in [-0.25, -0.2) is 9.69 Å². The minimum atomic E-state index is -0.987. The summed E-state index contributed by atoms with van der Waals surface area (Å²) in [5, 5.41) is 8.90. The minimum absolute atomic E-state index is 0.0232. The molecule has 0 aromatic carbocycles. The standard InChI is InChI=1S/C24H36BrNO7/c1-14(2)21-24(5,6)33-23(30)26(21)22(29)15(3)20(31-16(4)28)19-13-17(25)18(32-19)11-9-7-8-10-12-27/h13-15,20-21,27H,7-12H2,1-6H3/t15-,20-,21-/m1/s1. The Bertz CT molecular complexity index is 848. The molecule has 1 N–H and O–H groups in total. The van der Waals surface area contributed by atoms with Crippen molar-refractivity contribution in [3.05, 3.63) is 22.1 Å². The van der Waals surface area contributed by atoms with E-state index in [1.807, 2.05) is 13.8 Å². The van der Waals surface area contributed by atoms with Gasteiger partial charge in [0.25, 0.3) is 0 Å². The second-order valence-corrected chi connectivity index (χ2v) is 10.3. The number of aryl methyl sites for hydroxylation is 1. The van der Waals surface area contributed by atoms with Crippen LogP contribution in [0.1, 0.15) is 84.9 Å². The van der Waals surface area contributed by atoms with Crippen molar-refractivity contribution >= 4 is 33.9 Å². The first-order valence-corrected chi connectivity index (χ1v) is 12.3. The van der Waals surface area contributed by atoms with Crippen LogP contribution < -0.4 is 0 Å². The molecule has 3 atom stereocenters. The molecule has 2 amide bonds. The third-order valence-corrected chi connectivity index (χ3v) is 6.58. The predicted octanol–water partition coefficient (Wildman–Crippen LogP) is 5.16. The number of ether oxygens (including phenoxy) is 2. The maximum Gasteiger partial charge on any atom is 0.417 e. The van der Waals surface area contributed by atoms with Crippen molar-refractivity contribution < 1.29 is 33.4 Å². The van der Waals surface area contributed by atoms with Crippen molar-refractivity contribution in [2.75, 3.05) is 6.61 Å². The normalized spacial score (nSPS) is 19.5. The van der Waals surface area contributed by atoms with Crippen molar-refractivity contribution in [1.82, 2.24) is 4.90 Å². The smallest absolute Gasteiger partial charge is 0.417 e. The Morgan fingerprint density at radius 1 is 1.21 bits per heavy atom. The first-order chi connectivity index (χ1) is 15.4. The maximum absolute atomic E-state index is 13.5. The molecule has 0 radical (unpaired) electrons. The van der Waals surface area contributed by atoms with Gasteiger partial charge in [0.05, 0.1) is 16.4 Å². The molecule has 1 fully saturated rings. The van der Waals surface area contributed by atoms with E-state index in [0.29, 0.717) is 17.9 Å². The van der Waals surface area contributed by atoms with Crippen molar-refractivity contribution in [3.63, 3.8) is 0 Å². The third kappa shape index (κ3) is 6.59. The number of halogens is 1. The molecule has 1 aromatic heterocycles. The summed E-state index contributed by atoms with van der Waals surface area (Å²) in [6.45, 7) is 10.5. The van der Waals surface area contributed by atoms with E-state index < -0.39 is 41.6 Å².